The second-order valence-corrected chi connectivity index (χ2v) is 4.70. The lowest BCUT2D eigenvalue weighted by molar-refractivity contribution is -0.143. The van der Waals surface area contributed by atoms with Crippen molar-refractivity contribution in [3.05, 3.63) is 36.5 Å². The summed E-state index contributed by atoms with van der Waals surface area (Å²) in [7, 11) is 0. The van der Waals surface area contributed by atoms with Gasteiger partial charge >= 0.3 is 5.97 Å². The van der Waals surface area contributed by atoms with E-state index in [1.165, 1.54) is 0 Å². The summed E-state index contributed by atoms with van der Waals surface area (Å²) >= 11 is 1.67. The molecule has 0 spiro atoms. The number of hydrogen-bond donors (Lipinski definition) is 0. The molecule has 0 aliphatic rings. The molecule has 0 saturated heterocycles. The molecule has 1 aromatic heterocycles. The molecule has 0 N–H and O–H groups in total. The van der Waals surface area contributed by atoms with Crippen LogP contribution in [-0.2, 0) is 16.1 Å². The molecular weight excluding hydrogens is 234 g/mol. The summed E-state index contributed by atoms with van der Waals surface area (Å²) in [5.41, 5.74) is 1.06. The van der Waals surface area contributed by atoms with E-state index in [1.807, 2.05) is 47.4 Å². The molecule has 3 nitrogen and oxygen atoms in total. The Morgan fingerprint density at radius 1 is 1.35 bits per heavy atom. The van der Waals surface area contributed by atoms with Gasteiger partial charge < -0.3 is 9.30 Å². The highest BCUT2D eigenvalue weighted by Crippen LogP contribution is 2.14. The fourth-order valence-electron chi connectivity index (χ4n) is 1.70. The lowest BCUT2D eigenvalue weighted by Gasteiger charge is -2.06. The van der Waals surface area contributed by atoms with E-state index >= 15 is 0 Å². The second kappa shape index (κ2) is 5.77. The molecule has 0 aliphatic carbocycles. The van der Waals surface area contributed by atoms with Crippen molar-refractivity contribution in [1.82, 2.24) is 4.57 Å². The molecule has 1 aromatic carbocycles. The normalized spacial score (nSPS) is 10.6. The van der Waals surface area contributed by atoms with E-state index in [4.69, 9.17) is 4.74 Å². The fraction of sp³-hybridized carbons (Fsp3) is 0.308. The third-order valence-corrected chi connectivity index (χ3v) is 3.11. The average molecular weight is 249 g/mol. The van der Waals surface area contributed by atoms with Gasteiger partial charge in [0.15, 0.2) is 0 Å². The molecule has 1 heterocycles. The summed E-state index contributed by atoms with van der Waals surface area (Å²) in [5, 5.41) is 1.14. The van der Waals surface area contributed by atoms with Crippen molar-refractivity contribution in [1.29, 1.82) is 0 Å². The minimum Gasteiger partial charge on any atom is -0.463 e. The minimum atomic E-state index is -0.180. The molecule has 0 saturated carbocycles. The maximum atomic E-state index is 11.6. The zero-order valence-electron chi connectivity index (χ0n) is 9.76. The Kier molecular flexibility index (Phi) is 4.09. The van der Waals surface area contributed by atoms with Gasteiger partial charge in [-0.1, -0.05) is 18.2 Å². The van der Waals surface area contributed by atoms with Crippen molar-refractivity contribution in [3.63, 3.8) is 0 Å². The zero-order chi connectivity index (χ0) is 12.1. The summed E-state index contributed by atoms with van der Waals surface area (Å²) in [4.78, 5) is 11.6. The first kappa shape index (κ1) is 12.0. The summed E-state index contributed by atoms with van der Waals surface area (Å²) in [6, 6.07) is 10.0. The molecule has 0 aliphatic heterocycles. The van der Waals surface area contributed by atoms with Gasteiger partial charge in [-0.25, -0.2) is 0 Å². The molecule has 17 heavy (non-hydrogen) atoms. The van der Waals surface area contributed by atoms with E-state index in [0.717, 1.165) is 16.7 Å². The van der Waals surface area contributed by atoms with Gasteiger partial charge in [-0.05, 0) is 23.8 Å². The van der Waals surface area contributed by atoms with Crippen molar-refractivity contribution in [2.24, 2.45) is 0 Å². The van der Waals surface area contributed by atoms with Crippen LogP contribution in [-0.4, -0.2) is 29.2 Å². The minimum absolute atomic E-state index is 0.180. The molecule has 0 bridgehead atoms. The number of hydrogen-bond acceptors (Lipinski definition) is 3. The number of aromatic nitrogens is 1. The van der Waals surface area contributed by atoms with Crippen LogP contribution in [0.1, 0.15) is 0 Å². The zero-order valence-corrected chi connectivity index (χ0v) is 10.6. The van der Waals surface area contributed by atoms with E-state index in [-0.39, 0.29) is 12.5 Å². The lowest BCUT2D eigenvalue weighted by Crippen LogP contribution is -2.14. The first-order chi connectivity index (χ1) is 8.31. The summed E-state index contributed by atoms with van der Waals surface area (Å²) < 4.78 is 7.04. The monoisotopic (exact) mass is 249 g/mol. The average Bonchev–Trinajstić information content (AvgIpc) is 2.73. The standard InChI is InChI=1S/C13H15NO2S/c1-17-9-8-16-13(15)10-14-7-6-11-4-2-3-5-12(11)14/h2-7H,8-10H2,1H3. The Morgan fingerprint density at radius 2 is 2.18 bits per heavy atom. The van der Waals surface area contributed by atoms with Crippen molar-refractivity contribution in [3.8, 4) is 0 Å². The van der Waals surface area contributed by atoms with Crippen molar-refractivity contribution >= 4 is 28.6 Å². The SMILES string of the molecule is CSCCOC(=O)Cn1ccc2ccccc21. The van der Waals surface area contributed by atoms with Gasteiger partial charge in [0.05, 0.1) is 0 Å². The first-order valence-electron chi connectivity index (χ1n) is 5.49. The van der Waals surface area contributed by atoms with Crippen LogP contribution in [0.3, 0.4) is 0 Å². The van der Waals surface area contributed by atoms with Crippen LogP contribution in [0.4, 0.5) is 0 Å². The number of fused-ring (bicyclic) bond motifs is 1. The third-order valence-electron chi connectivity index (χ3n) is 2.53. The largest absolute Gasteiger partial charge is 0.463 e. The highest BCUT2D eigenvalue weighted by molar-refractivity contribution is 7.98. The summed E-state index contributed by atoms with van der Waals surface area (Å²) in [6.45, 7) is 0.765. The molecule has 90 valence electrons. The van der Waals surface area contributed by atoms with Crippen LogP contribution in [0.5, 0.6) is 0 Å². The number of thioether (sulfide) groups is 1. The molecule has 0 unspecified atom stereocenters. The van der Waals surface area contributed by atoms with Gasteiger partial charge in [0, 0.05) is 17.5 Å². The fourth-order valence-corrected chi connectivity index (χ4v) is 1.95. The van der Waals surface area contributed by atoms with Crippen LogP contribution in [0, 0.1) is 0 Å². The van der Waals surface area contributed by atoms with Crippen molar-refractivity contribution < 1.29 is 9.53 Å². The topological polar surface area (TPSA) is 31.2 Å². The molecule has 2 aromatic rings. The highest BCUT2D eigenvalue weighted by Gasteiger charge is 2.06. The molecule has 0 atom stereocenters. The molecule has 0 fully saturated rings. The Hall–Kier alpha value is -1.42. The lowest BCUT2D eigenvalue weighted by atomic mass is 10.2. The van der Waals surface area contributed by atoms with Gasteiger partial charge in [0.1, 0.15) is 13.2 Å². The van der Waals surface area contributed by atoms with Gasteiger partial charge in [-0.2, -0.15) is 11.8 Å². The third kappa shape index (κ3) is 3.03. The van der Waals surface area contributed by atoms with Crippen molar-refractivity contribution in [2.45, 2.75) is 6.54 Å². The predicted octanol–water partition coefficient (Wildman–Crippen LogP) is 2.55. The number of carbonyl (C=O) groups excluding carboxylic acids is 1. The summed E-state index contributed by atoms with van der Waals surface area (Å²) in [6.07, 6.45) is 3.91. The van der Waals surface area contributed by atoms with Gasteiger partial charge in [-0.15, -0.1) is 0 Å². The molecule has 2 rings (SSSR count). The number of rotatable bonds is 5. The van der Waals surface area contributed by atoms with Crippen LogP contribution in [0.25, 0.3) is 10.9 Å². The number of esters is 1. The van der Waals surface area contributed by atoms with E-state index in [9.17, 15) is 4.79 Å². The Labute approximate surface area is 105 Å². The van der Waals surface area contributed by atoms with Crippen LogP contribution in [0.2, 0.25) is 0 Å². The Morgan fingerprint density at radius 3 is 3.00 bits per heavy atom. The molecule has 0 amide bonds. The molecule has 0 radical (unpaired) electrons. The maximum absolute atomic E-state index is 11.6. The smallest absolute Gasteiger partial charge is 0.325 e. The number of benzene rings is 1. The van der Waals surface area contributed by atoms with Gasteiger partial charge in [-0.3, -0.25) is 4.79 Å². The van der Waals surface area contributed by atoms with E-state index in [0.29, 0.717) is 6.61 Å². The Bertz CT molecular complexity index is 507. The van der Waals surface area contributed by atoms with Gasteiger partial charge in [0.2, 0.25) is 0 Å². The number of carbonyl (C=O) groups is 1. The van der Waals surface area contributed by atoms with E-state index in [1.54, 1.807) is 11.8 Å². The maximum Gasteiger partial charge on any atom is 0.325 e. The van der Waals surface area contributed by atoms with E-state index in [2.05, 4.69) is 0 Å². The number of ether oxygens (including phenoxy) is 1. The quantitative estimate of drug-likeness (QED) is 0.603. The first-order valence-corrected chi connectivity index (χ1v) is 6.89. The van der Waals surface area contributed by atoms with E-state index < -0.39 is 0 Å². The van der Waals surface area contributed by atoms with Crippen LogP contribution in [0.15, 0.2) is 36.5 Å². The Balaban J connectivity index is 2.01. The summed E-state index contributed by atoms with van der Waals surface area (Å²) in [5.74, 6) is 0.665. The van der Waals surface area contributed by atoms with Crippen LogP contribution < -0.4 is 0 Å². The molecule has 4 heteroatoms. The molecular formula is C13H15NO2S. The van der Waals surface area contributed by atoms with Gasteiger partial charge in [0.25, 0.3) is 0 Å². The second-order valence-electron chi connectivity index (χ2n) is 3.72. The van der Waals surface area contributed by atoms with Crippen LogP contribution >= 0.6 is 11.8 Å². The number of para-hydroxylation sites is 1. The number of nitrogens with zero attached hydrogens (tertiary/aromatic N) is 1. The predicted molar refractivity (Wildman–Crippen MR) is 71.3 cm³/mol. The van der Waals surface area contributed by atoms with Crippen molar-refractivity contribution in [2.75, 3.05) is 18.6 Å². The highest BCUT2D eigenvalue weighted by atomic mass is 32.2.